The zero-order chi connectivity index (χ0) is 19.4. The molecule has 1 fully saturated rings. The lowest BCUT2D eigenvalue weighted by molar-refractivity contribution is -0.192. The van der Waals surface area contributed by atoms with E-state index >= 15 is 0 Å². The highest BCUT2D eigenvalue weighted by atomic mass is 32.1. The fraction of sp³-hybridized carbons (Fsp3) is 0.500. The van der Waals surface area contributed by atoms with E-state index in [4.69, 9.17) is 9.90 Å². The van der Waals surface area contributed by atoms with Gasteiger partial charge in [-0.25, -0.2) is 14.8 Å². The average Bonchev–Trinajstić information content (AvgIpc) is 3.37. The fourth-order valence-electron chi connectivity index (χ4n) is 3.11. The summed E-state index contributed by atoms with van der Waals surface area (Å²) in [6, 6.07) is 2.23. The minimum atomic E-state index is -5.08. The molecule has 5 nitrogen and oxygen atoms in total. The van der Waals surface area contributed by atoms with Crippen LogP contribution in [-0.4, -0.2) is 45.2 Å². The van der Waals surface area contributed by atoms with Crippen LogP contribution >= 0.6 is 11.3 Å². The van der Waals surface area contributed by atoms with Gasteiger partial charge >= 0.3 is 12.1 Å². The number of alkyl halides is 3. The van der Waals surface area contributed by atoms with E-state index < -0.39 is 12.1 Å². The van der Waals surface area contributed by atoms with Crippen molar-refractivity contribution in [3.8, 4) is 0 Å². The highest BCUT2D eigenvalue weighted by Crippen LogP contribution is 2.41. The molecule has 0 unspecified atom stereocenters. The van der Waals surface area contributed by atoms with Gasteiger partial charge in [0.25, 0.3) is 0 Å². The molecule has 1 aliphatic carbocycles. The second kappa shape index (κ2) is 8.35. The predicted molar refractivity (Wildman–Crippen MR) is 94.7 cm³/mol. The summed E-state index contributed by atoms with van der Waals surface area (Å²) in [7, 11) is 0. The molecule has 1 saturated carbocycles. The minimum Gasteiger partial charge on any atom is -0.475 e. The first kappa shape index (κ1) is 19.8. The maximum absolute atomic E-state index is 10.6. The number of aliphatic carboxylic acids is 1. The van der Waals surface area contributed by atoms with E-state index in [1.807, 2.05) is 0 Å². The average molecular weight is 399 g/mol. The molecular weight excluding hydrogens is 379 g/mol. The molecule has 2 aliphatic rings. The number of rotatable bonds is 3. The van der Waals surface area contributed by atoms with Gasteiger partial charge in [-0.3, -0.25) is 4.90 Å². The van der Waals surface area contributed by atoms with Crippen molar-refractivity contribution in [2.75, 3.05) is 13.1 Å². The molecule has 0 saturated heterocycles. The number of hydrogen-bond acceptors (Lipinski definition) is 5. The van der Waals surface area contributed by atoms with Gasteiger partial charge in [-0.2, -0.15) is 24.5 Å². The Morgan fingerprint density at radius 3 is 2.56 bits per heavy atom. The van der Waals surface area contributed by atoms with E-state index in [0.717, 1.165) is 38.4 Å². The lowest BCUT2D eigenvalue weighted by Gasteiger charge is -2.18. The summed E-state index contributed by atoms with van der Waals surface area (Å²) in [6.45, 7) is 3.32. The molecule has 0 radical (unpaired) electrons. The second-order valence-electron chi connectivity index (χ2n) is 6.67. The number of thiophene rings is 1. The smallest absolute Gasteiger partial charge is 0.475 e. The van der Waals surface area contributed by atoms with Gasteiger partial charge in [-0.1, -0.05) is 0 Å². The van der Waals surface area contributed by atoms with Crippen LogP contribution in [0.15, 0.2) is 23.2 Å². The van der Waals surface area contributed by atoms with Crippen molar-refractivity contribution < 1.29 is 23.1 Å². The third kappa shape index (κ3) is 5.49. The Balaban J connectivity index is 0.000000260. The van der Waals surface area contributed by atoms with Crippen molar-refractivity contribution >= 4 is 17.3 Å². The Hall–Kier alpha value is -2.00. The van der Waals surface area contributed by atoms with Crippen LogP contribution in [0.3, 0.4) is 0 Å². The van der Waals surface area contributed by atoms with Gasteiger partial charge in [-0.05, 0) is 47.2 Å². The highest BCUT2D eigenvalue weighted by Gasteiger charge is 2.38. The number of hydrogen-bond donors (Lipinski definition) is 1. The molecule has 1 N–H and O–H groups in total. The third-order valence-electron chi connectivity index (χ3n) is 4.60. The molecule has 9 heteroatoms. The van der Waals surface area contributed by atoms with Crippen molar-refractivity contribution in [3.63, 3.8) is 0 Å². The van der Waals surface area contributed by atoms with Gasteiger partial charge in [-0.15, -0.1) is 0 Å². The molecule has 4 rings (SSSR count). The number of carboxylic acids is 1. The minimum absolute atomic E-state index is 0.732. The SMILES string of the molecule is O=C(O)C(F)(F)F.c1nc2c(c(C3CC3)n1)CCN(Cc1ccsc1)CC2. The van der Waals surface area contributed by atoms with E-state index in [1.165, 1.54) is 35.4 Å². The topological polar surface area (TPSA) is 66.3 Å². The highest BCUT2D eigenvalue weighted by molar-refractivity contribution is 7.07. The van der Waals surface area contributed by atoms with Crippen molar-refractivity contribution in [2.45, 2.75) is 44.3 Å². The molecule has 27 heavy (non-hydrogen) atoms. The Kier molecular flexibility index (Phi) is 6.11. The van der Waals surface area contributed by atoms with Crippen molar-refractivity contribution in [1.29, 1.82) is 0 Å². The number of aromatic nitrogens is 2. The third-order valence-corrected chi connectivity index (χ3v) is 5.34. The molecule has 1 aliphatic heterocycles. The van der Waals surface area contributed by atoms with Crippen molar-refractivity contribution in [3.05, 3.63) is 45.7 Å². The van der Waals surface area contributed by atoms with Gasteiger partial charge < -0.3 is 5.11 Å². The van der Waals surface area contributed by atoms with Gasteiger partial charge in [0.05, 0.1) is 5.69 Å². The molecule has 0 amide bonds. The number of nitrogens with zero attached hydrogens (tertiary/aromatic N) is 3. The van der Waals surface area contributed by atoms with Crippen molar-refractivity contribution in [2.24, 2.45) is 0 Å². The molecule has 0 spiro atoms. The number of carboxylic acid groups (broad SMARTS) is 1. The fourth-order valence-corrected chi connectivity index (χ4v) is 3.77. The summed E-state index contributed by atoms with van der Waals surface area (Å²) in [5.41, 5.74) is 5.55. The molecule has 3 heterocycles. The molecule has 146 valence electrons. The lowest BCUT2D eigenvalue weighted by atomic mass is 10.0. The van der Waals surface area contributed by atoms with Crippen molar-refractivity contribution in [1.82, 2.24) is 14.9 Å². The van der Waals surface area contributed by atoms with Crippen LogP contribution in [0.25, 0.3) is 0 Å². The van der Waals surface area contributed by atoms with Crippen LogP contribution in [0, 0.1) is 0 Å². The molecular formula is C18H20F3N3O2S. The first-order chi connectivity index (χ1) is 12.8. The van der Waals surface area contributed by atoms with Crippen LogP contribution in [0.1, 0.15) is 41.3 Å². The van der Waals surface area contributed by atoms with Gasteiger partial charge in [0.2, 0.25) is 0 Å². The molecule has 2 aromatic rings. The number of carbonyl (C=O) groups is 1. The number of fused-ring (bicyclic) bond motifs is 1. The summed E-state index contributed by atoms with van der Waals surface area (Å²) >= 11 is 1.79. The zero-order valence-corrected chi connectivity index (χ0v) is 15.4. The summed E-state index contributed by atoms with van der Waals surface area (Å²) in [5, 5.41) is 11.5. The lowest BCUT2D eigenvalue weighted by Crippen LogP contribution is -2.25. The second-order valence-corrected chi connectivity index (χ2v) is 7.45. The Labute approximate surface area is 158 Å². The first-order valence-electron chi connectivity index (χ1n) is 8.70. The van der Waals surface area contributed by atoms with Crippen LogP contribution in [0.2, 0.25) is 0 Å². The maximum atomic E-state index is 10.6. The van der Waals surface area contributed by atoms with Crippen LogP contribution in [0.5, 0.6) is 0 Å². The molecule has 0 bridgehead atoms. The quantitative estimate of drug-likeness (QED) is 0.854. The predicted octanol–water partition coefficient (Wildman–Crippen LogP) is 3.65. The van der Waals surface area contributed by atoms with Crippen LogP contribution in [0.4, 0.5) is 13.2 Å². The van der Waals surface area contributed by atoms with E-state index in [2.05, 4.69) is 31.7 Å². The van der Waals surface area contributed by atoms with Crippen LogP contribution in [-0.2, 0) is 24.2 Å². The summed E-state index contributed by atoms with van der Waals surface area (Å²) in [6.07, 6.45) is 1.53. The molecule has 2 aromatic heterocycles. The maximum Gasteiger partial charge on any atom is 0.490 e. The Morgan fingerprint density at radius 2 is 1.96 bits per heavy atom. The number of halogens is 3. The largest absolute Gasteiger partial charge is 0.490 e. The normalized spacial score (nSPS) is 17.4. The van der Waals surface area contributed by atoms with E-state index in [0.29, 0.717) is 0 Å². The monoisotopic (exact) mass is 399 g/mol. The summed E-state index contributed by atoms with van der Waals surface area (Å²) in [5.74, 6) is -2.03. The van der Waals surface area contributed by atoms with Gasteiger partial charge in [0.1, 0.15) is 6.33 Å². The summed E-state index contributed by atoms with van der Waals surface area (Å²) < 4.78 is 31.7. The standard InChI is InChI=1S/C16H19N3S.C2HF3O2/c1-2-13(1)16-14-3-6-19(9-12-5-8-20-10-12)7-4-15(14)17-11-18-16;3-2(4,5)1(6)7/h5,8,10-11,13H,1-4,6-7,9H2;(H,6,7). The summed E-state index contributed by atoms with van der Waals surface area (Å²) in [4.78, 5) is 20.6. The van der Waals surface area contributed by atoms with E-state index in [9.17, 15) is 13.2 Å². The van der Waals surface area contributed by atoms with Gasteiger partial charge in [0.15, 0.2) is 0 Å². The Morgan fingerprint density at radius 1 is 1.26 bits per heavy atom. The van der Waals surface area contributed by atoms with Crippen LogP contribution < -0.4 is 0 Å². The molecule has 0 aromatic carbocycles. The van der Waals surface area contributed by atoms with E-state index in [-0.39, 0.29) is 0 Å². The molecule has 0 atom stereocenters. The Bertz CT molecular complexity index is 777. The van der Waals surface area contributed by atoms with E-state index in [1.54, 1.807) is 17.7 Å². The first-order valence-corrected chi connectivity index (χ1v) is 9.65. The zero-order valence-electron chi connectivity index (χ0n) is 14.6. The van der Waals surface area contributed by atoms with Gasteiger partial charge in [0, 0.05) is 37.7 Å².